The smallest absolute Gasteiger partial charge is 0.262 e. The van der Waals surface area contributed by atoms with Crippen LogP contribution in [0.5, 0.6) is 11.5 Å². The first-order chi connectivity index (χ1) is 15.4. The summed E-state index contributed by atoms with van der Waals surface area (Å²) >= 11 is 0. The lowest BCUT2D eigenvalue weighted by molar-refractivity contribution is 0.0974. The molecule has 9 nitrogen and oxygen atoms in total. The fourth-order valence-corrected chi connectivity index (χ4v) is 3.66. The van der Waals surface area contributed by atoms with Gasteiger partial charge in [0, 0.05) is 42.3 Å². The highest BCUT2D eigenvalue weighted by atomic mass is 16.7. The van der Waals surface area contributed by atoms with E-state index in [0.29, 0.717) is 45.4 Å². The van der Waals surface area contributed by atoms with Gasteiger partial charge < -0.3 is 24.4 Å². The second kappa shape index (κ2) is 8.72. The number of aliphatic hydroxyl groups is 1. The number of aromatic nitrogens is 2. The normalized spacial score (nSPS) is 12.0. The molecule has 2 amide bonds. The molecule has 2 aromatic carbocycles. The number of hydrogen-bond acceptors (Lipinski definition) is 6. The molecule has 9 heteroatoms. The average molecular weight is 436 g/mol. The van der Waals surface area contributed by atoms with E-state index in [-0.39, 0.29) is 31.8 Å². The van der Waals surface area contributed by atoms with Crippen LogP contribution < -0.4 is 19.3 Å². The Kier molecular flexibility index (Phi) is 5.83. The molecule has 1 aromatic heterocycles. The molecule has 2 heterocycles. The minimum Gasteiger partial charge on any atom is -0.454 e. The van der Waals surface area contributed by atoms with E-state index in [0.717, 1.165) is 0 Å². The van der Waals surface area contributed by atoms with Crippen LogP contribution >= 0.6 is 0 Å². The Morgan fingerprint density at radius 3 is 2.56 bits per heavy atom. The van der Waals surface area contributed by atoms with Crippen LogP contribution in [-0.2, 0) is 0 Å². The van der Waals surface area contributed by atoms with Crippen LogP contribution in [0.25, 0.3) is 0 Å². The minimum atomic E-state index is -0.295. The van der Waals surface area contributed by atoms with Crippen molar-refractivity contribution in [2.45, 2.75) is 13.8 Å². The van der Waals surface area contributed by atoms with Crippen LogP contribution in [0, 0.1) is 13.8 Å². The zero-order chi connectivity index (χ0) is 22.8. The maximum atomic E-state index is 13.2. The Morgan fingerprint density at radius 1 is 1.06 bits per heavy atom. The van der Waals surface area contributed by atoms with E-state index in [4.69, 9.17) is 9.47 Å². The summed E-state index contributed by atoms with van der Waals surface area (Å²) in [7, 11) is 1.67. The Hall–Kier alpha value is -3.85. The number of anilines is 2. The number of amides is 2. The van der Waals surface area contributed by atoms with Gasteiger partial charge in [0.05, 0.1) is 17.9 Å². The largest absolute Gasteiger partial charge is 0.454 e. The molecule has 166 valence electrons. The van der Waals surface area contributed by atoms with E-state index >= 15 is 0 Å². The highest BCUT2D eigenvalue weighted by molar-refractivity contribution is 6.09. The maximum absolute atomic E-state index is 13.2. The fraction of sp³-hybridized carbons (Fsp3) is 0.261. The summed E-state index contributed by atoms with van der Waals surface area (Å²) in [6.45, 7) is 3.52. The molecule has 1 aliphatic rings. The second-order valence-electron chi connectivity index (χ2n) is 7.44. The van der Waals surface area contributed by atoms with Crippen LogP contribution in [0.15, 0.2) is 42.5 Å². The quantitative estimate of drug-likeness (QED) is 0.615. The van der Waals surface area contributed by atoms with E-state index < -0.39 is 0 Å². The fourth-order valence-electron chi connectivity index (χ4n) is 3.66. The molecular formula is C23H24N4O5. The zero-order valence-electron chi connectivity index (χ0n) is 18.1. The number of aliphatic hydroxyl groups excluding tert-OH is 1. The first-order valence-electron chi connectivity index (χ1n) is 10.1. The van der Waals surface area contributed by atoms with Crippen molar-refractivity contribution < 1.29 is 24.2 Å². The lowest BCUT2D eigenvalue weighted by atomic mass is 10.1. The summed E-state index contributed by atoms with van der Waals surface area (Å²) in [6.07, 6.45) is 0. The number of ether oxygens (including phenoxy) is 2. The highest BCUT2D eigenvalue weighted by Gasteiger charge is 2.24. The Balaban J connectivity index is 1.62. The van der Waals surface area contributed by atoms with Gasteiger partial charge in [0.25, 0.3) is 11.8 Å². The molecule has 1 aliphatic heterocycles. The summed E-state index contributed by atoms with van der Waals surface area (Å²) < 4.78 is 10.7. The lowest BCUT2D eigenvalue weighted by Gasteiger charge is -2.23. The second-order valence-corrected chi connectivity index (χ2v) is 7.44. The van der Waals surface area contributed by atoms with E-state index in [1.54, 1.807) is 63.4 Å². The Morgan fingerprint density at radius 2 is 1.84 bits per heavy atom. The molecule has 3 aromatic rings. The molecule has 2 N–H and O–H groups in total. The number of hydrogen-bond donors (Lipinski definition) is 2. The van der Waals surface area contributed by atoms with Gasteiger partial charge in [-0.3, -0.25) is 14.7 Å². The van der Waals surface area contributed by atoms with Crippen LogP contribution in [-0.4, -0.2) is 54.1 Å². The summed E-state index contributed by atoms with van der Waals surface area (Å²) in [5.74, 6) is 0.676. The molecule has 0 aliphatic carbocycles. The number of carbonyl (C=O) groups is 2. The van der Waals surface area contributed by atoms with Crippen LogP contribution in [0.1, 0.15) is 32.1 Å². The van der Waals surface area contributed by atoms with E-state index in [1.807, 2.05) is 0 Å². The molecule has 4 rings (SSSR count). The summed E-state index contributed by atoms with van der Waals surface area (Å²) in [5.41, 5.74) is 3.23. The van der Waals surface area contributed by atoms with E-state index in [1.165, 1.54) is 9.80 Å². The van der Waals surface area contributed by atoms with Gasteiger partial charge in [-0.05, 0) is 44.2 Å². The Bertz CT molecular complexity index is 1150. The van der Waals surface area contributed by atoms with Crippen molar-refractivity contribution in [1.29, 1.82) is 0 Å². The average Bonchev–Trinajstić information content (AvgIpc) is 3.41. The van der Waals surface area contributed by atoms with Crippen molar-refractivity contribution in [1.82, 2.24) is 10.2 Å². The van der Waals surface area contributed by atoms with Crippen molar-refractivity contribution in [2.24, 2.45) is 0 Å². The molecule has 0 radical (unpaired) electrons. The number of H-pyrrole nitrogens is 1. The third-order valence-corrected chi connectivity index (χ3v) is 5.36. The first kappa shape index (κ1) is 21.4. The van der Waals surface area contributed by atoms with Gasteiger partial charge in [-0.1, -0.05) is 6.07 Å². The summed E-state index contributed by atoms with van der Waals surface area (Å²) in [4.78, 5) is 29.3. The highest BCUT2D eigenvalue weighted by Crippen LogP contribution is 2.35. The summed E-state index contributed by atoms with van der Waals surface area (Å²) in [6, 6.07) is 12.1. The number of aryl methyl sites for hydroxylation is 2. The van der Waals surface area contributed by atoms with Gasteiger partial charge in [-0.25, -0.2) is 0 Å². The standard InChI is InChI=1S/C23H24N4O5/c1-14-21(15(2)25-24-14)23(30)27(9-10-28)18-6-4-5-16(11-18)22(29)26(3)17-7-8-19-20(12-17)32-13-31-19/h4-8,11-12,28H,9-10,13H2,1-3H3,(H,24,25). The van der Waals surface area contributed by atoms with Crippen molar-refractivity contribution in [3.63, 3.8) is 0 Å². The number of nitrogens with one attached hydrogen (secondary N) is 1. The lowest BCUT2D eigenvalue weighted by Crippen LogP contribution is -2.34. The first-order valence-corrected chi connectivity index (χ1v) is 10.1. The number of fused-ring (bicyclic) bond motifs is 1. The van der Waals surface area contributed by atoms with Crippen molar-refractivity contribution in [2.75, 3.05) is 36.8 Å². The van der Waals surface area contributed by atoms with Crippen molar-refractivity contribution in [3.05, 3.63) is 65.0 Å². The molecule has 32 heavy (non-hydrogen) atoms. The third-order valence-electron chi connectivity index (χ3n) is 5.36. The predicted octanol–water partition coefficient (Wildman–Crippen LogP) is 2.67. The monoisotopic (exact) mass is 436 g/mol. The number of carbonyl (C=O) groups excluding carboxylic acids is 2. The van der Waals surface area contributed by atoms with Gasteiger partial charge in [0.15, 0.2) is 11.5 Å². The molecule has 0 bridgehead atoms. The molecule has 0 unspecified atom stereocenters. The van der Waals surface area contributed by atoms with E-state index in [2.05, 4.69) is 10.2 Å². The summed E-state index contributed by atoms with van der Waals surface area (Å²) in [5, 5.41) is 16.5. The molecule has 0 atom stereocenters. The molecule has 0 saturated heterocycles. The van der Waals surface area contributed by atoms with Gasteiger partial charge in [0.1, 0.15) is 0 Å². The number of nitrogens with zero attached hydrogens (tertiary/aromatic N) is 3. The number of aromatic amines is 1. The molecule has 0 fully saturated rings. The van der Waals surface area contributed by atoms with E-state index in [9.17, 15) is 14.7 Å². The third kappa shape index (κ3) is 3.90. The molecule has 0 spiro atoms. The van der Waals surface area contributed by atoms with Gasteiger partial charge >= 0.3 is 0 Å². The van der Waals surface area contributed by atoms with Gasteiger partial charge in [0.2, 0.25) is 6.79 Å². The molecule has 0 saturated carbocycles. The van der Waals surface area contributed by atoms with Gasteiger partial charge in [-0.15, -0.1) is 0 Å². The number of rotatable bonds is 6. The van der Waals surface area contributed by atoms with Crippen LogP contribution in [0.3, 0.4) is 0 Å². The molecular weight excluding hydrogens is 412 g/mol. The van der Waals surface area contributed by atoms with Gasteiger partial charge in [-0.2, -0.15) is 5.10 Å². The maximum Gasteiger partial charge on any atom is 0.262 e. The topological polar surface area (TPSA) is 108 Å². The minimum absolute atomic E-state index is 0.0819. The SMILES string of the molecule is Cc1n[nH]c(C)c1C(=O)N(CCO)c1cccc(C(=O)N(C)c2ccc3c(c2)OCO3)c1. The van der Waals surface area contributed by atoms with Crippen LogP contribution in [0.4, 0.5) is 11.4 Å². The van der Waals surface area contributed by atoms with Crippen molar-refractivity contribution in [3.8, 4) is 11.5 Å². The zero-order valence-corrected chi connectivity index (χ0v) is 18.1. The predicted molar refractivity (Wildman–Crippen MR) is 119 cm³/mol. The number of benzene rings is 2. The van der Waals surface area contributed by atoms with Crippen molar-refractivity contribution >= 4 is 23.2 Å². The Labute approximate surface area is 185 Å². The van der Waals surface area contributed by atoms with Crippen LogP contribution in [0.2, 0.25) is 0 Å².